The molecule has 1 aromatic heterocycles. The number of nitrogens with zero attached hydrogens (tertiary/aromatic N) is 3. The summed E-state index contributed by atoms with van der Waals surface area (Å²) in [5.41, 5.74) is 3.09. The van der Waals surface area contributed by atoms with Crippen LogP contribution in [0, 0.1) is 0 Å². The standard InChI is InChI=1S/C15H14ClN3/c1-18(11-7-4-3-5-8-11)13-10-6-9-12-14(13)17-19(2)15(12)16/h3-10H,1-2H3. The van der Waals surface area contributed by atoms with E-state index in [1.807, 2.05) is 44.4 Å². The van der Waals surface area contributed by atoms with Crippen LogP contribution < -0.4 is 4.90 Å². The molecule has 0 aliphatic heterocycles. The minimum absolute atomic E-state index is 0.665. The molecule has 0 unspecified atom stereocenters. The number of fused-ring (bicyclic) bond motifs is 1. The summed E-state index contributed by atoms with van der Waals surface area (Å²) in [5, 5.41) is 6.14. The second-order valence-electron chi connectivity index (χ2n) is 4.48. The molecule has 1 heterocycles. The van der Waals surface area contributed by atoms with Crippen molar-refractivity contribution in [2.75, 3.05) is 11.9 Å². The number of aryl methyl sites for hydroxylation is 1. The lowest BCUT2D eigenvalue weighted by Gasteiger charge is -2.19. The van der Waals surface area contributed by atoms with Crippen LogP contribution in [0.4, 0.5) is 11.4 Å². The highest BCUT2D eigenvalue weighted by Gasteiger charge is 2.13. The molecule has 96 valence electrons. The second-order valence-corrected chi connectivity index (χ2v) is 4.84. The fraction of sp³-hybridized carbons (Fsp3) is 0.133. The Labute approximate surface area is 117 Å². The van der Waals surface area contributed by atoms with E-state index in [4.69, 9.17) is 11.6 Å². The van der Waals surface area contributed by atoms with Crippen molar-refractivity contribution >= 4 is 33.9 Å². The molecule has 3 aromatic rings. The van der Waals surface area contributed by atoms with Gasteiger partial charge in [-0.3, -0.25) is 4.68 Å². The summed E-state index contributed by atoms with van der Waals surface area (Å²) in [7, 11) is 3.89. The average Bonchev–Trinajstić information content (AvgIpc) is 2.75. The number of benzene rings is 2. The molecule has 3 rings (SSSR count). The van der Waals surface area contributed by atoms with Gasteiger partial charge in [0.2, 0.25) is 0 Å². The fourth-order valence-corrected chi connectivity index (χ4v) is 2.42. The first-order valence-corrected chi connectivity index (χ1v) is 6.46. The number of anilines is 2. The third-order valence-corrected chi connectivity index (χ3v) is 3.72. The SMILES string of the molecule is CN(c1ccccc1)c1cccc2c(Cl)n(C)nc12. The summed E-state index contributed by atoms with van der Waals surface area (Å²) in [5.74, 6) is 0. The smallest absolute Gasteiger partial charge is 0.134 e. The highest BCUT2D eigenvalue weighted by molar-refractivity contribution is 6.34. The van der Waals surface area contributed by atoms with Crippen molar-refractivity contribution in [1.82, 2.24) is 9.78 Å². The van der Waals surface area contributed by atoms with Crippen LogP contribution in [0.1, 0.15) is 0 Å². The Bertz CT molecular complexity index is 719. The Balaban J connectivity index is 2.18. The number of rotatable bonds is 2. The predicted molar refractivity (Wildman–Crippen MR) is 80.2 cm³/mol. The van der Waals surface area contributed by atoms with Crippen molar-refractivity contribution < 1.29 is 0 Å². The van der Waals surface area contributed by atoms with E-state index in [9.17, 15) is 0 Å². The van der Waals surface area contributed by atoms with E-state index in [2.05, 4.69) is 28.2 Å². The van der Waals surface area contributed by atoms with Crippen LogP contribution in [0.5, 0.6) is 0 Å². The van der Waals surface area contributed by atoms with Crippen molar-refractivity contribution in [2.45, 2.75) is 0 Å². The Morgan fingerprint density at radius 1 is 1.05 bits per heavy atom. The maximum atomic E-state index is 6.25. The van der Waals surface area contributed by atoms with E-state index in [0.717, 1.165) is 22.3 Å². The van der Waals surface area contributed by atoms with E-state index >= 15 is 0 Å². The largest absolute Gasteiger partial charge is 0.343 e. The zero-order valence-corrected chi connectivity index (χ0v) is 11.6. The summed E-state index contributed by atoms with van der Waals surface area (Å²) < 4.78 is 1.70. The van der Waals surface area contributed by atoms with Crippen molar-refractivity contribution in [3.8, 4) is 0 Å². The van der Waals surface area contributed by atoms with Crippen LogP contribution in [0.3, 0.4) is 0 Å². The summed E-state index contributed by atoms with van der Waals surface area (Å²) in [6.45, 7) is 0. The van der Waals surface area contributed by atoms with Crippen LogP contribution in [-0.2, 0) is 7.05 Å². The van der Waals surface area contributed by atoms with E-state index in [1.54, 1.807) is 4.68 Å². The molecule has 0 bridgehead atoms. The summed E-state index contributed by atoms with van der Waals surface area (Å²) in [6, 6.07) is 16.3. The average molecular weight is 272 g/mol. The fourth-order valence-electron chi connectivity index (χ4n) is 2.23. The molecule has 2 aromatic carbocycles. The monoisotopic (exact) mass is 271 g/mol. The van der Waals surface area contributed by atoms with E-state index < -0.39 is 0 Å². The number of aromatic nitrogens is 2. The van der Waals surface area contributed by atoms with Crippen molar-refractivity contribution in [3.63, 3.8) is 0 Å². The Hall–Kier alpha value is -2.00. The lowest BCUT2D eigenvalue weighted by Crippen LogP contribution is -2.09. The van der Waals surface area contributed by atoms with Gasteiger partial charge in [-0.25, -0.2) is 0 Å². The maximum Gasteiger partial charge on any atom is 0.134 e. The minimum Gasteiger partial charge on any atom is -0.343 e. The molecule has 0 fully saturated rings. The van der Waals surface area contributed by atoms with Crippen LogP contribution in [-0.4, -0.2) is 16.8 Å². The molecule has 0 radical (unpaired) electrons. The molecule has 0 spiro atoms. The molecule has 0 atom stereocenters. The molecule has 0 N–H and O–H groups in total. The van der Waals surface area contributed by atoms with Gasteiger partial charge in [-0.1, -0.05) is 35.9 Å². The second kappa shape index (κ2) is 4.59. The highest BCUT2D eigenvalue weighted by Crippen LogP contribution is 2.33. The molecule has 3 nitrogen and oxygen atoms in total. The van der Waals surface area contributed by atoms with Gasteiger partial charge in [0.25, 0.3) is 0 Å². The van der Waals surface area contributed by atoms with Gasteiger partial charge in [0, 0.05) is 25.2 Å². The Kier molecular flexibility index (Phi) is 2.91. The van der Waals surface area contributed by atoms with E-state index in [-0.39, 0.29) is 0 Å². The Morgan fingerprint density at radius 2 is 1.79 bits per heavy atom. The lowest BCUT2D eigenvalue weighted by atomic mass is 10.2. The normalized spacial score (nSPS) is 10.9. The molecule has 19 heavy (non-hydrogen) atoms. The maximum absolute atomic E-state index is 6.25. The zero-order valence-electron chi connectivity index (χ0n) is 10.8. The van der Waals surface area contributed by atoms with Gasteiger partial charge in [-0.15, -0.1) is 0 Å². The number of para-hydroxylation sites is 1. The van der Waals surface area contributed by atoms with Crippen LogP contribution >= 0.6 is 11.6 Å². The third-order valence-electron chi connectivity index (χ3n) is 3.28. The van der Waals surface area contributed by atoms with Gasteiger partial charge < -0.3 is 4.90 Å². The summed E-state index contributed by atoms with van der Waals surface area (Å²) in [6.07, 6.45) is 0. The molecular formula is C15H14ClN3. The van der Waals surface area contributed by atoms with Crippen molar-refractivity contribution in [2.24, 2.45) is 7.05 Å². The van der Waals surface area contributed by atoms with Crippen LogP contribution in [0.15, 0.2) is 48.5 Å². The van der Waals surface area contributed by atoms with E-state index in [0.29, 0.717) is 5.15 Å². The highest BCUT2D eigenvalue weighted by atomic mass is 35.5. The van der Waals surface area contributed by atoms with Crippen LogP contribution in [0.2, 0.25) is 5.15 Å². The molecule has 0 saturated heterocycles. The lowest BCUT2D eigenvalue weighted by molar-refractivity contribution is 0.780. The van der Waals surface area contributed by atoms with Gasteiger partial charge in [-0.05, 0) is 24.3 Å². The first-order chi connectivity index (χ1) is 9.18. The predicted octanol–water partition coefficient (Wildman–Crippen LogP) is 3.99. The first-order valence-electron chi connectivity index (χ1n) is 6.08. The van der Waals surface area contributed by atoms with Crippen molar-refractivity contribution in [3.05, 3.63) is 53.7 Å². The summed E-state index contributed by atoms with van der Waals surface area (Å²) >= 11 is 6.25. The minimum atomic E-state index is 0.665. The molecule has 0 amide bonds. The van der Waals surface area contributed by atoms with Crippen LogP contribution in [0.25, 0.3) is 10.9 Å². The van der Waals surface area contributed by atoms with Gasteiger partial charge in [0.05, 0.1) is 5.69 Å². The van der Waals surface area contributed by atoms with Gasteiger partial charge in [0.1, 0.15) is 10.7 Å². The van der Waals surface area contributed by atoms with Crippen molar-refractivity contribution in [1.29, 1.82) is 0 Å². The number of hydrogen-bond acceptors (Lipinski definition) is 2. The Morgan fingerprint density at radius 3 is 2.53 bits per heavy atom. The van der Waals surface area contributed by atoms with Gasteiger partial charge in [0.15, 0.2) is 0 Å². The molecule has 4 heteroatoms. The summed E-state index contributed by atoms with van der Waals surface area (Å²) in [4.78, 5) is 2.12. The first kappa shape index (κ1) is 12.1. The molecular weight excluding hydrogens is 258 g/mol. The molecule has 0 saturated carbocycles. The van der Waals surface area contributed by atoms with E-state index in [1.165, 1.54) is 0 Å². The third kappa shape index (κ3) is 1.96. The quantitative estimate of drug-likeness (QED) is 0.703. The van der Waals surface area contributed by atoms with Gasteiger partial charge in [-0.2, -0.15) is 5.10 Å². The number of hydrogen-bond donors (Lipinski definition) is 0. The molecule has 0 aliphatic rings. The number of halogens is 1. The zero-order chi connectivity index (χ0) is 13.4. The molecule has 0 aliphatic carbocycles. The van der Waals surface area contributed by atoms with Gasteiger partial charge >= 0.3 is 0 Å². The topological polar surface area (TPSA) is 21.1 Å².